The van der Waals surface area contributed by atoms with Gasteiger partial charge >= 0.3 is 5.97 Å². The Hall–Kier alpha value is -2.17. The van der Waals surface area contributed by atoms with Gasteiger partial charge < -0.3 is 10.4 Å². The fourth-order valence-electron chi connectivity index (χ4n) is 1.53. The summed E-state index contributed by atoms with van der Waals surface area (Å²) in [6.07, 6.45) is 0.233. The number of hydrogen-bond acceptors (Lipinski definition) is 3. The van der Waals surface area contributed by atoms with Crippen molar-refractivity contribution < 1.29 is 14.7 Å². The number of aliphatic imine (C=N–C) groups is 1. The van der Waals surface area contributed by atoms with Crippen LogP contribution in [0.25, 0.3) is 0 Å². The van der Waals surface area contributed by atoms with E-state index in [-0.39, 0.29) is 17.9 Å². The molecular weight excluding hydrogens is 208 g/mol. The van der Waals surface area contributed by atoms with E-state index in [1.165, 1.54) is 12.1 Å². The topological polar surface area (TPSA) is 78.8 Å². The van der Waals surface area contributed by atoms with Gasteiger partial charge in [-0.25, -0.2) is 4.79 Å². The molecule has 16 heavy (non-hydrogen) atoms. The second kappa shape index (κ2) is 3.77. The summed E-state index contributed by atoms with van der Waals surface area (Å²) in [5, 5.41) is 11.5. The van der Waals surface area contributed by atoms with Crippen LogP contribution in [0.2, 0.25) is 0 Å². The first kappa shape index (κ1) is 10.4. The first-order chi connectivity index (χ1) is 7.56. The number of carbonyl (C=O) groups is 2. The summed E-state index contributed by atoms with van der Waals surface area (Å²) in [6, 6.07) is 4.45. The molecule has 1 amide bonds. The molecule has 2 N–H and O–H groups in total. The van der Waals surface area contributed by atoms with Gasteiger partial charge in [-0.2, -0.15) is 0 Å². The SMILES string of the molecule is CC1=Nc2cc(C(=O)O)ccc2NC(=O)C1. The second-order valence-corrected chi connectivity index (χ2v) is 3.61. The summed E-state index contributed by atoms with van der Waals surface area (Å²) >= 11 is 0. The van der Waals surface area contributed by atoms with E-state index in [9.17, 15) is 9.59 Å². The number of fused-ring (bicyclic) bond motifs is 1. The van der Waals surface area contributed by atoms with E-state index in [1.54, 1.807) is 13.0 Å². The van der Waals surface area contributed by atoms with Crippen molar-refractivity contribution in [1.29, 1.82) is 0 Å². The zero-order valence-electron chi connectivity index (χ0n) is 8.65. The Morgan fingerprint density at radius 1 is 1.50 bits per heavy atom. The van der Waals surface area contributed by atoms with Gasteiger partial charge in [0.05, 0.1) is 23.4 Å². The van der Waals surface area contributed by atoms with E-state index >= 15 is 0 Å². The van der Waals surface area contributed by atoms with Crippen LogP contribution in [0.15, 0.2) is 23.2 Å². The number of hydrogen-bond donors (Lipinski definition) is 2. The highest BCUT2D eigenvalue weighted by Gasteiger charge is 2.14. The molecular formula is C11H10N2O3. The van der Waals surface area contributed by atoms with Crippen LogP contribution in [-0.2, 0) is 4.79 Å². The molecule has 1 heterocycles. The Kier molecular flexibility index (Phi) is 2.44. The summed E-state index contributed by atoms with van der Waals surface area (Å²) in [6.45, 7) is 1.74. The van der Waals surface area contributed by atoms with Crippen LogP contribution < -0.4 is 5.32 Å². The minimum atomic E-state index is -1.01. The van der Waals surface area contributed by atoms with Gasteiger partial charge in [-0.1, -0.05) is 0 Å². The Labute approximate surface area is 91.8 Å². The quantitative estimate of drug-likeness (QED) is 0.754. The summed E-state index contributed by atoms with van der Waals surface area (Å²) in [7, 11) is 0. The van der Waals surface area contributed by atoms with Crippen molar-refractivity contribution in [3.05, 3.63) is 23.8 Å². The van der Waals surface area contributed by atoms with E-state index in [0.717, 1.165) is 0 Å². The number of rotatable bonds is 1. The molecule has 5 heteroatoms. The summed E-state index contributed by atoms with van der Waals surface area (Å²) in [5.41, 5.74) is 1.86. The number of anilines is 1. The summed E-state index contributed by atoms with van der Waals surface area (Å²) in [5.74, 6) is -1.14. The smallest absolute Gasteiger partial charge is 0.335 e. The number of carbonyl (C=O) groups excluding carboxylic acids is 1. The molecule has 1 aromatic rings. The predicted molar refractivity (Wildman–Crippen MR) is 59.4 cm³/mol. The number of nitrogens with one attached hydrogen (secondary N) is 1. The number of carboxylic acids is 1. The van der Waals surface area contributed by atoms with Gasteiger partial charge in [-0.05, 0) is 25.1 Å². The third-order valence-corrected chi connectivity index (χ3v) is 2.25. The van der Waals surface area contributed by atoms with E-state index < -0.39 is 5.97 Å². The Bertz CT molecular complexity index is 506. The Balaban J connectivity index is 2.53. The van der Waals surface area contributed by atoms with Crippen LogP contribution in [-0.4, -0.2) is 22.7 Å². The predicted octanol–water partition coefficient (Wildman–Crippen LogP) is 1.82. The van der Waals surface area contributed by atoms with Crippen LogP contribution in [0.1, 0.15) is 23.7 Å². The number of carboxylic acid groups (broad SMARTS) is 1. The zero-order chi connectivity index (χ0) is 11.7. The molecule has 2 rings (SSSR count). The fraction of sp³-hybridized carbons (Fsp3) is 0.182. The lowest BCUT2D eigenvalue weighted by Crippen LogP contribution is -2.12. The molecule has 82 valence electrons. The molecule has 0 saturated heterocycles. The van der Waals surface area contributed by atoms with Crippen LogP contribution in [0.5, 0.6) is 0 Å². The normalized spacial score (nSPS) is 14.6. The van der Waals surface area contributed by atoms with E-state index in [4.69, 9.17) is 5.11 Å². The van der Waals surface area contributed by atoms with Crippen molar-refractivity contribution in [3.8, 4) is 0 Å². The monoisotopic (exact) mass is 218 g/mol. The van der Waals surface area contributed by atoms with E-state index in [1.807, 2.05) is 0 Å². The van der Waals surface area contributed by atoms with Gasteiger partial charge in [0.2, 0.25) is 5.91 Å². The summed E-state index contributed by atoms with van der Waals surface area (Å²) < 4.78 is 0. The fourth-order valence-corrected chi connectivity index (χ4v) is 1.53. The zero-order valence-corrected chi connectivity index (χ0v) is 8.65. The van der Waals surface area contributed by atoms with Gasteiger partial charge in [0, 0.05) is 5.71 Å². The lowest BCUT2D eigenvalue weighted by molar-refractivity contribution is -0.115. The largest absolute Gasteiger partial charge is 0.478 e. The second-order valence-electron chi connectivity index (χ2n) is 3.61. The molecule has 0 saturated carbocycles. The molecule has 0 fully saturated rings. The molecule has 0 aliphatic carbocycles. The maximum atomic E-state index is 11.4. The highest BCUT2D eigenvalue weighted by Crippen LogP contribution is 2.28. The number of amides is 1. The van der Waals surface area contributed by atoms with Crippen molar-refractivity contribution in [2.24, 2.45) is 4.99 Å². The van der Waals surface area contributed by atoms with Crippen molar-refractivity contribution in [2.45, 2.75) is 13.3 Å². The van der Waals surface area contributed by atoms with Gasteiger partial charge in [0.15, 0.2) is 0 Å². The van der Waals surface area contributed by atoms with Crippen LogP contribution in [0.4, 0.5) is 11.4 Å². The third kappa shape index (κ3) is 1.93. The van der Waals surface area contributed by atoms with Crippen molar-refractivity contribution in [2.75, 3.05) is 5.32 Å². The molecule has 0 atom stereocenters. The van der Waals surface area contributed by atoms with Crippen LogP contribution in [0.3, 0.4) is 0 Å². The number of aromatic carboxylic acids is 1. The maximum absolute atomic E-state index is 11.4. The third-order valence-electron chi connectivity index (χ3n) is 2.25. The highest BCUT2D eigenvalue weighted by atomic mass is 16.4. The van der Waals surface area contributed by atoms with Gasteiger partial charge in [-0.3, -0.25) is 9.79 Å². The average Bonchev–Trinajstić information content (AvgIpc) is 2.32. The molecule has 0 spiro atoms. The molecule has 1 aromatic carbocycles. The van der Waals surface area contributed by atoms with Gasteiger partial charge in [-0.15, -0.1) is 0 Å². The first-order valence-electron chi connectivity index (χ1n) is 4.77. The molecule has 0 radical (unpaired) electrons. The van der Waals surface area contributed by atoms with Crippen LogP contribution >= 0.6 is 0 Å². The summed E-state index contributed by atoms with van der Waals surface area (Å²) in [4.78, 5) is 26.4. The molecule has 0 bridgehead atoms. The van der Waals surface area contributed by atoms with Crippen molar-refractivity contribution >= 4 is 29.0 Å². The van der Waals surface area contributed by atoms with Crippen LogP contribution in [0, 0.1) is 0 Å². The highest BCUT2D eigenvalue weighted by molar-refractivity contribution is 6.10. The Morgan fingerprint density at radius 2 is 2.25 bits per heavy atom. The van der Waals surface area contributed by atoms with E-state index in [2.05, 4.69) is 10.3 Å². The van der Waals surface area contributed by atoms with Gasteiger partial charge in [0.25, 0.3) is 0 Å². The molecule has 1 aliphatic heterocycles. The average molecular weight is 218 g/mol. The lowest BCUT2D eigenvalue weighted by Gasteiger charge is -2.04. The van der Waals surface area contributed by atoms with Gasteiger partial charge in [0.1, 0.15) is 0 Å². The minimum Gasteiger partial charge on any atom is -0.478 e. The Morgan fingerprint density at radius 3 is 2.94 bits per heavy atom. The molecule has 5 nitrogen and oxygen atoms in total. The van der Waals surface area contributed by atoms with Crippen molar-refractivity contribution in [1.82, 2.24) is 0 Å². The molecule has 0 unspecified atom stereocenters. The van der Waals surface area contributed by atoms with Crippen molar-refractivity contribution in [3.63, 3.8) is 0 Å². The first-order valence-corrected chi connectivity index (χ1v) is 4.77. The van der Waals surface area contributed by atoms with E-state index in [0.29, 0.717) is 17.1 Å². The molecule has 0 aromatic heterocycles. The standard InChI is InChI=1S/C11H10N2O3/c1-6-4-10(14)13-8-3-2-7(11(15)16)5-9(8)12-6/h2-3,5H,4H2,1H3,(H,13,14)(H,15,16). The lowest BCUT2D eigenvalue weighted by atomic mass is 10.2. The maximum Gasteiger partial charge on any atom is 0.335 e. The number of benzene rings is 1. The minimum absolute atomic E-state index is 0.136. The molecule has 1 aliphatic rings. The number of nitrogens with zero attached hydrogens (tertiary/aromatic N) is 1.